The molecule has 0 unspecified atom stereocenters. The van der Waals surface area contributed by atoms with Gasteiger partial charge in [-0.15, -0.1) is 5.10 Å². The molecule has 0 radical (unpaired) electrons. The van der Waals surface area contributed by atoms with Crippen LogP contribution in [0.15, 0.2) is 60.7 Å². The summed E-state index contributed by atoms with van der Waals surface area (Å²) in [5, 5.41) is 4.74. The molecule has 6 nitrogen and oxygen atoms in total. The van der Waals surface area contributed by atoms with E-state index in [2.05, 4.69) is 36.4 Å². The van der Waals surface area contributed by atoms with Crippen molar-refractivity contribution in [3.63, 3.8) is 0 Å². The van der Waals surface area contributed by atoms with Crippen LogP contribution in [0.3, 0.4) is 0 Å². The SMILES string of the molecule is CCOc1cc(OCC)c2nc(-c3ccc(C4(N)CCC4)cc3)c(-c3ccccc3)n2n1. The first-order valence-electron chi connectivity index (χ1n) is 11.3. The third-order valence-corrected chi connectivity index (χ3v) is 6.15. The Kier molecular flexibility index (Phi) is 5.31. The molecule has 2 aromatic carbocycles. The summed E-state index contributed by atoms with van der Waals surface area (Å²) in [5.41, 5.74) is 12.0. The van der Waals surface area contributed by atoms with Crippen molar-refractivity contribution in [2.75, 3.05) is 13.2 Å². The summed E-state index contributed by atoms with van der Waals surface area (Å²) in [6.07, 6.45) is 3.27. The topological polar surface area (TPSA) is 74.7 Å². The highest BCUT2D eigenvalue weighted by molar-refractivity contribution is 5.83. The van der Waals surface area contributed by atoms with Crippen LogP contribution in [-0.4, -0.2) is 27.8 Å². The van der Waals surface area contributed by atoms with Crippen LogP contribution in [0.1, 0.15) is 38.7 Å². The number of rotatable bonds is 7. The Balaban J connectivity index is 1.71. The molecule has 5 rings (SSSR count). The predicted molar refractivity (Wildman–Crippen MR) is 126 cm³/mol. The largest absolute Gasteiger partial charge is 0.490 e. The molecule has 1 aliphatic rings. The molecule has 2 aromatic heterocycles. The molecule has 0 aliphatic heterocycles. The van der Waals surface area contributed by atoms with Crippen LogP contribution in [0, 0.1) is 0 Å². The van der Waals surface area contributed by atoms with Crippen molar-refractivity contribution >= 4 is 5.65 Å². The lowest BCUT2D eigenvalue weighted by atomic mass is 9.72. The quantitative estimate of drug-likeness (QED) is 0.438. The van der Waals surface area contributed by atoms with Crippen molar-refractivity contribution in [1.82, 2.24) is 14.6 Å². The molecule has 0 spiro atoms. The Hall–Kier alpha value is -3.38. The Morgan fingerprint density at radius 3 is 2.28 bits per heavy atom. The van der Waals surface area contributed by atoms with Gasteiger partial charge in [0.2, 0.25) is 5.88 Å². The van der Waals surface area contributed by atoms with Crippen LogP contribution in [0.5, 0.6) is 11.6 Å². The highest BCUT2D eigenvalue weighted by Crippen LogP contribution is 2.40. The minimum atomic E-state index is -0.185. The van der Waals surface area contributed by atoms with E-state index in [-0.39, 0.29) is 5.54 Å². The van der Waals surface area contributed by atoms with Gasteiger partial charge in [-0.25, -0.2) is 9.50 Å². The van der Waals surface area contributed by atoms with Gasteiger partial charge in [0.1, 0.15) is 5.69 Å². The Labute approximate surface area is 188 Å². The second-order valence-corrected chi connectivity index (χ2v) is 8.21. The summed E-state index contributed by atoms with van der Waals surface area (Å²) in [5.74, 6) is 1.16. The molecule has 1 saturated carbocycles. The fourth-order valence-corrected chi connectivity index (χ4v) is 4.32. The van der Waals surface area contributed by atoms with Gasteiger partial charge in [-0.05, 0) is 38.7 Å². The lowest BCUT2D eigenvalue weighted by Crippen LogP contribution is -2.43. The molecule has 2 N–H and O–H groups in total. The van der Waals surface area contributed by atoms with E-state index in [1.54, 1.807) is 0 Å². The van der Waals surface area contributed by atoms with Crippen molar-refractivity contribution in [3.05, 3.63) is 66.2 Å². The predicted octanol–water partition coefficient (Wildman–Crippen LogP) is 5.20. The average molecular weight is 429 g/mol. The van der Waals surface area contributed by atoms with Gasteiger partial charge in [-0.2, -0.15) is 0 Å². The maximum absolute atomic E-state index is 6.53. The highest BCUT2D eigenvalue weighted by atomic mass is 16.5. The van der Waals surface area contributed by atoms with E-state index in [9.17, 15) is 0 Å². The minimum absolute atomic E-state index is 0.185. The Bertz CT molecular complexity index is 1230. The summed E-state index contributed by atoms with van der Waals surface area (Å²) in [6, 6.07) is 20.5. The molecule has 32 heavy (non-hydrogen) atoms. The molecule has 2 heterocycles. The van der Waals surface area contributed by atoms with Crippen LogP contribution < -0.4 is 15.2 Å². The van der Waals surface area contributed by atoms with Crippen molar-refractivity contribution in [2.24, 2.45) is 5.73 Å². The fourth-order valence-electron chi connectivity index (χ4n) is 4.32. The number of imidazole rings is 1. The smallest absolute Gasteiger partial charge is 0.235 e. The van der Waals surface area contributed by atoms with Gasteiger partial charge >= 0.3 is 0 Å². The number of nitrogens with zero attached hydrogens (tertiary/aromatic N) is 3. The van der Waals surface area contributed by atoms with Gasteiger partial charge in [0.15, 0.2) is 11.4 Å². The summed E-state index contributed by atoms with van der Waals surface area (Å²) in [4.78, 5) is 4.99. The molecule has 0 amide bonds. The summed E-state index contributed by atoms with van der Waals surface area (Å²) in [7, 11) is 0. The van der Waals surface area contributed by atoms with Crippen LogP contribution >= 0.6 is 0 Å². The van der Waals surface area contributed by atoms with Gasteiger partial charge < -0.3 is 15.2 Å². The zero-order valence-electron chi connectivity index (χ0n) is 18.5. The number of ether oxygens (including phenoxy) is 2. The number of hydrogen-bond acceptors (Lipinski definition) is 5. The molecule has 0 saturated heterocycles. The first-order chi connectivity index (χ1) is 15.6. The van der Waals surface area contributed by atoms with E-state index in [0.29, 0.717) is 30.5 Å². The first kappa shape index (κ1) is 20.5. The van der Waals surface area contributed by atoms with Gasteiger partial charge in [-0.1, -0.05) is 54.6 Å². The first-order valence-corrected chi connectivity index (χ1v) is 11.3. The van der Waals surface area contributed by atoms with Gasteiger partial charge in [0, 0.05) is 22.7 Å². The van der Waals surface area contributed by atoms with E-state index in [1.165, 1.54) is 12.0 Å². The minimum Gasteiger partial charge on any atom is -0.490 e. The van der Waals surface area contributed by atoms with Crippen molar-refractivity contribution in [3.8, 4) is 34.1 Å². The second-order valence-electron chi connectivity index (χ2n) is 8.21. The number of hydrogen-bond donors (Lipinski definition) is 1. The number of aromatic nitrogens is 3. The maximum Gasteiger partial charge on any atom is 0.235 e. The zero-order valence-corrected chi connectivity index (χ0v) is 18.5. The summed E-state index contributed by atoms with van der Waals surface area (Å²) < 4.78 is 13.5. The second kappa shape index (κ2) is 8.28. The molecule has 0 bridgehead atoms. The molecule has 0 atom stereocenters. The fraction of sp³-hybridized carbons (Fsp3) is 0.308. The molecule has 1 fully saturated rings. The normalized spacial score (nSPS) is 14.8. The molecule has 4 aromatic rings. The average Bonchev–Trinajstić information content (AvgIpc) is 3.18. The zero-order chi connectivity index (χ0) is 22.1. The molecule has 1 aliphatic carbocycles. The number of benzene rings is 2. The third kappa shape index (κ3) is 3.50. The van der Waals surface area contributed by atoms with E-state index in [0.717, 1.165) is 35.4 Å². The summed E-state index contributed by atoms with van der Waals surface area (Å²) >= 11 is 0. The van der Waals surface area contributed by atoms with Crippen molar-refractivity contribution in [2.45, 2.75) is 38.6 Å². The number of nitrogens with two attached hydrogens (primary N) is 1. The van der Waals surface area contributed by atoms with E-state index < -0.39 is 0 Å². The van der Waals surface area contributed by atoms with Crippen LogP contribution in [0.2, 0.25) is 0 Å². The van der Waals surface area contributed by atoms with Crippen molar-refractivity contribution in [1.29, 1.82) is 0 Å². The monoisotopic (exact) mass is 428 g/mol. The van der Waals surface area contributed by atoms with E-state index in [1.807, 2.05) is 42.6 Å². The van der Waals surface area contributed by atoms with E-state index in [4.69, 9.17) is 25.3 Å². The molecular weight excluding hydrogens is 400 g/mol. The van der Waals surface area contributed by atoms with E-state index >= 15 is 0 Å². The highest BCUT2D eigenvalue weighted by Gasteiger charge is 2.34. The standard InChI is InChI=1S/C26H28N4O2/c1-3-31-21-17-22(32-4-2)29-30-24(19-9-6-5-7-10-19)23(28-25(21)30)18-11-13-20(14-12-18)26(27)15-8-16-26/h5-7,9-14,17H,3-4,8,15-16,27H2,1-2H3. The van der Waals surface area contributed by atoms with Gasteiger partial charge in [0.05, 0.1) is 18.9 Å². The summed E-state index contributed by atoms with van der Waals surface area (Å²) in [6.45, 7) is 4.95. The Morgan fingerprint density at radius 2 is 1.66 bits per heavy atom. The van der Waals surface area contributed by atoms with Crippen LogP contribution in [0.25, 0.3) is 28.2 Å². The van der Waals surface area contributed by atoms with Crippen LogP contribution in [0.4, 0.5) is 0 Å². The lowest BCUT2D eigenvalue weighted by molar-refractivity contribution is 0.253. The van der Waals surface area contributed by atoms with Crippen molar-refractivity contribution < 1.29 is 9.47 Å². The maximum atomic E-state index is 6.53. The van der Waals surface area contributed by atoms with Gasteiger partial charge in [-0.3, -0.25) is 0 Å². The molecular formula is C26H28N4O2. The molecule has 164 valence electrons. The third-order valence-electron chi connectivity index (χ3n) is 6.15. The molecule has 6 heteroatoms. The Morgan fingerprint density at radius 1 is 0.938 bits per heavy atom. The number of fused-ring (bicyclic) bond motifs is 1. The van der Waals surface area contributed by atoms with Gasteiger partial charge in [0.25, 0.3) is 0 Å². The van der Waals surface area contributed by atoms with Crippen LogP contribution in [-0.2, 0) is 5.54 Å². The lowest BCUT2D eigenvalue weighted by Gasteiger charge is -2.38.